The van der Waals surface area contributed by atoms with Crippen molar-refractivity contribution in [1.82, 2.24) is 0 Å². The fourth-order valence-electron chi connectivity index (χ4n) is 2.56. The molecule has 5 nitrogen and oxygen atoms in total. The number of phenolic OH excluding ortho intramolecular Hbond substituents is 1. The monoisotopic (exact) mass is 387 g/mol. The number of nitrogens with zero attached hydrogens (tertiary/aromatic N) is 3. The van der Waals surface area contributed by atoms with Gasteiger partial charge in [-0.2, -0.15) is 5.26 Å². The van der Waals surface area contributed by atoms with E-state index in [1.54, 1.807) is 56.1 Å². The lowest BCUT2D eigenvalue weighted by Gasteiger charge is -2.38. The predicted octanol–water partition coefficient (Wildman–Crippen LogP) is 4.12. The number of carbonyl (C=O) groups excluding carboxylic acids is 1. The van der Waals surface area contributed by atoms with Crippen LogP contribution < -0.4 is 9.80 Å². The molecule has 0 heterocycles. The minimum Gasteiger partial charge on any atom is -0.508 e. The van der Waals surface area contributed by atoms with Crippen molar-refractivity contribution < 1.29 is 9.90 Å². The topological polar surface area (TPSA) is 67.6 Å². The number of hydrogen-bond donors (Lipinski definition) is 1. The molecule has 2 aromatic carbocycles. The second-order valence-corrected chi connectivity index (χ2v) is 6.81. The summed E-state index contributed by atoms with van der Waals surface area (Å²) >= 11 is 11.2. The van der Waals surface area contributed by atoms with Gasteiger partial charge in [0.15, 0.2) is 0 Å². The van der Waals surface area contributed by atoms with E-state index in [2.05, 4.69) is 0 Å². The van der Waals surface area contributed by atoms with Gasteiger partial charge in [0.05, 0.1) is 16.1 Å². The molecule has 134 valence electrons. The molecule has 0 fully saturated rings. The fraction of sp³-hybridized carbons (Fsp3) is 0.211. The minimum absolute atomic E-state index is 0.131. The summed E-state index contributed by atoms with van der Waals surface area (Å²) in [5, 5.41) is 18.7. The molecule has 7 heteroatoms. The maximum atomic E-state index is 13.1. The van der Waals surface area contributed by atoms with Crippen molar-refractivity contribution in [2.45, 2.75) is 19.4 Å². The van der Waals surface area contributed by atoms with Gasteiger partial charge in [-0.3, -0.25) is 4.79 Å². The molecule has 0 atom stereocenters. The third kappa shape index (κ3) is 3.79. The third-order valence-electron chi connectivity index (χ3n) is 4.12. The highest BCUT2D eigenvalue weighted by atomic mass is 35.5. The lowest BCUT2D eigenvalue weighted by molar-refractivity contribution is -0.122. The number of nitriles is 1. The number of carbonyl (C=O) groups is 1. The normalized spacial score (nSPS) is 10.7. The van der Waals surface area contributed by atoms with Crippen LogP contribution in [0.25, 0.3) is 0 Å². The van der Waals surface area contributed by atoms with Gasteiger partial charge in [0.1, 0.15) is 17.4 Å². The second kappa shape index (κ2) is 7.73. The van der Waals surface area contributed by atoms with E-state index >= 15 is 0 Å². The smallest absolute Gasteiger partial charge is 0.252 e. The molecule has 1 amide bonds. The van der Waals surface area contributed by atoms with E-state index in [9.17, 15) is 9.90 Å². The molecule has 0 aliphatic heterocycles. The molecule has 26 heavy (non-hydrogen) atoms. The summed E-state index contributed by atoms with van der Waals surface area (Å²) in [6.07, 6.45) is 0. The summed E-state index contributed by atoms with van der Waals surface area (Å²) in [6, 6.07) is 13.3. The van der Waals surface area contributed by atoms with Crippen molar-refractivity contribution in [3.8, 4) is 11.8 Å². The summed E-state index contributed by atoms with van der Waals surface area (Å²) in [4.78, 5) is 16.3. The molecule has 1 N–H and O–H groups in total. The van der Waals surface area contributed by atoms with Crippen molar-refractivity contribution in [3.63, 3.8) is 0 Å². The Morgan fingerprint density at radius 1 is 1.23 bits per heavy atom. The van der Waals surface area contributed by atoms with Gasteiger partial charge in [-0.1, -0.05) is 23.8 Å². The molecular weight excluding hydrogens is 370 g/mol. The van der Waals surface area contributed by atoms with Crippen molar-refractivity contribution in [2.75, 3.05) is 16.8 Å². The summed E-state index contributed by atoms with van der Waals surface area (Å²) in [5.41, 5.74) is 2.02. The third-order valence-corrected chi connectivity index (χ3v) is 4.65. The predicted molar refractivity (Wildman–Crippen MR) is 108 cm³/mol. The van der Waals surface area contributed by atoms with Gasteiger partial charge in [0.25, 0.3) is 5.91 Å². The first-order chi connectivity index (χ1) is 12.2. The van der Waals surface area contributed by atoms with E-state index in [0.717, 1.165) is 0 Å². The van der Waals surface area contributed by atoms with E-state index in [-0.39, 0.29) is 16.7 Å². The first-order valence-corrected chi connectivity index (χ1v) is 8.58. The number of halogens is 1. The van der Waals surface area contributed by atoms with Crippen LogP contribution in [0.15, 0.2) is 42.5 Å². The lowest BCUT2D eigenvalue weighted by Crippen LogP contribution is -2.55. The molecule has 0 aromatic heterocycles. The van der Waals surface area contributed by atoms with E-state index in [1.807, 2.05) is 6.07 Å². The van der Waals surface area contributed by atoms with E-state index in [1.165, 1.54) is 22.5 Å². The molecule has 2 aromatic rings. The maximum absolute atomic E-state index is 13.1. The number of thiocarbonyl (C=S) groups is 1. The molecule has 0 saturated heterocycles. The number of likely N-dealkylation sites (N-methyl/N-ethyl adjacent to an activating group) is 1. The highest BCUT2D eigenvalue weighted by molar-refractivity contribution is 7.79. The zero-order valence-corrected chi connectivity index (χ0v) is 16.2. The number of hydrogen-bond acceptors (Lipinski definition) is 4. The SMILES string of the molecule is CN(C(=O)C(C)(C)N(C=S)c1ccc(O)cc1)c1ccc(C#N)c(Cl)c1. The van der Waals surface area contributed by atoms with Crippen molar-refractivity contribution >= 4 is 46.6 Å². The van der Waals surface area contributed by atoms with Crippen LogP contribution in [0.1, 0.15) is 19.4 Å². The standard InChI is InChI=1S/C19H18ClN3O2S/c1-19(2,23(12-26)14-6-8-16(24)9-7-14)18(25)22(3)15-5-4-13(11-21)17(20)10-15/h4-10,12,24H,1-3H3. The van der Waals surface area contributed by atoms with Gasteiger partial charge in [0.2, 0.25) is 0 Å². The first-order valence-electron chi connectivity index (χ1n) is 7.74. The highest BCUT2D eigenvalue weighted by Crippen LogP contribution is 2.29. The number of phenols is 1. The molecule has 0 aliphatic rings. The Bertz CT molecular complexity index is 875. The molecule has 0 unspecified atom stereocenters. The molecule has 0 radical (unpaired) electrons. The molecule has 0 aliphatic carbocycles. The molecular formula is C19H18ClN3O2S. The summed E-state index contributed by atoms with van der Waals surface area (Å²) in [6.45, 7) is 3.51. The second-order valence-electron chi connectivity index (χ2n) is 6.19. The van der Waals surface area contributed by atoms with Crippen LogP contribution in [0.5, 0.6) is 5.75 Å². The Balaban J connectivity index is 2.35. The Hall–Kier alpha value is -2.62. The summed E-state index contributed by atoms with van der Waals surface area (Å²) < 4.78 is 0. The number of rotatable bonds is 5. The average molecular weight is 388 g/mol. The van der Waals surface area contributed by atoms with Crippen molar-refractivity contribution in [3.05, 3.63) is 53.1 Å². The van der Waals surface area contributed by atoms with E-state index in [0.29, 0.717) is 16.9 Å². The van der Waals surface area contributed by atoms with Crippen molar-refractivity contribution in [1.29, 1.82) is 5.26 Å². The van der Waals surface area contributed by atoms with Gasteiger partial charge >= 0.3 is 0 Å². The van der Waals surface area contributed by atoms with Crippen LogP contribution in [0, 0.1) is 11.3 Å². The number of anilines is 2. The molecule has 2 rings (SSSR count). The van der Waals surface area contributed by atoms with Crippen LogP contribution in [-0.4, -0.2) is 29.1 Å². The van der Waals surface area contributed by atoms with E-state index < -0.39 is 5.54 Å². The Morgan fingerprint density at radius 2 is 1.81 bits per heavy atom. The van der Waals surface area contributed by atoms with Crippen LogP contribution in [0.2, 0.25) is 5.02 Å². The number of amides is 1. The number of aromatic hydroxyl groups is 1. The van der Waals surface area contributed by atoms with Gasteiger partial charge in [0, 0.05) is 18.4 Å². The molecule has 0 bridgehead atoms. The van der Waals surface area contributed by atoms with Crippen LogP contribution >= 0.6 is 23.8 Å². The van der Waals surface area contributed by atoms with Gasteiger partial charge in [-0.05, 0) is 56.3 Å². The summed E-state index contributed by atoms with van der Waals surface area (Å²) in [5.74, 6) is -0.0843. The summed E-state index contributed by atoms with van der Waals surface area (Å²) in [7, 11) is 1.64. The van der Waals surface area contributed by atoms with Crippen LogP contribution in [0.4, 0.5) is 11.4 Å². The largest absolute Gasteiger partial charge is 0.508 e. The van der Waals surface area contributed by atoms with Crippen LogP contribution in [0.3, 0.4) is 0 Å². The number of benzene rings is 2. The Morgan fingerprint density at radius 3 is 2.31 bits per heavy atom. The fourth-order valence-corrected chi connectivity index (χ4v) is 3.16. The van der Waals surface area contributed by atoms with Crippen LogP contribution in [-0.2, 0) is 4.79 Å². The first kappa shape index (κ1) is 19.7. The van der Waals surface area contributed by atoms with Gasteiger partial charge in [-0.25, -0.2) is 0 Å². The lowest BCUT2D eigenvalue weighted by atomic mass is 9.99. The Labute approximate surface area is 163 Å². The minimum atomic E-state index is -0.992. The zero-order valence-electron chi connectivity index (χ0n) is 14.6. The van der Waals surface area contributed by atoms with Gasteiger partial charge < -0.3 is 14.9 Å². The molecule has 0 saturated carbocycles. The Kier molecular flexibility index (Phi) is 5.86. The molecule has 0 spiro atoms. The van der Waals surface area contributed by atoms with E-state index in [4.69, 9.17) is 29.1 Å². The zero-order chi connectivity index (χ0) is 19.5. The highest BCUT2D eigenvalue weighted by Gasteiger charge is 2.37. The average Bonchev–Trinajstić information content (AvgIpc) is 2.62. The quantitative estimate of drug-likeness (QED) is 0.781. The van der Waals surface area contributed by atoms with Gasteiger partial charge in [-0.15, -0.1) is 0 Å². The maximum Gasteiger partial charge on any atom is 0.252 e. The van der Waals surface area contributed by atoms with Crippen molar-refractivity contribution in [2.24, 2.45) is 0 Å².